The number of fused-ring (bicyclic) bond motifs is 1. The van der Waals surface area contributed by atoms with E-state index in [9.17, 15) is 4.79 Å². The Labute approximate surface area is 177 Å². The van der Waals surface area contributed by atoms with E-state index in [1.54, 1.807) is 0 Å². The van der Waals surface area contributed by atoms with Crippen LogP contribution in [0.5, 0.6) is 11.5 Å². The minimum atomic E-state index is 0.0924. The van der Waals surface area contributed by atoms with Gasteiger partial charge in [0.15, 0.2) is 0 Å². The normalized spacial score (nSPS) is 18.8. The number of pyridine rings is 1. The summed E-state index contributed by atoms with van der Waals surface area (Å²) in [4.78, 5) is 16.9. The summed E-state index contributed by atoms with van der Waals surface area (Å²) >= 11 is 0. The molecule has 1 saturated carbocycles. The van der Waals surface area contributed by atoms with Crippen LogP contribution in [-0.4, -0.2) is 16.9 Å². The third-order valence-electron chi connectivity index (χ3n) is 5.80. The summed E-state index contributed by atoms with van der Waals surface area (Å²) in [5, 5.41) is 4.15. The second kappa shape index (κ2) is 9.16. The fraction of sp³-hybridized carbons (Fsp3) is 0.360. The first kappa shape index (κ1) is 20.2. The van der Waals surface area contributed by atoms with Crippen LogP contribution in [0.4, 0.5) is 5.82 Å². The first-order valence-corrected chi connectivity index (χ1v) is 10.8. The van der Waals surface area contributed by atoms with Crippen LogP contribution in [0.15, 0.2) is 54.6 Å². The Kier molecular flexibility index (Phi) is 6.17. The molecule has 3 aromatic rings. The van der Waals surface area contributed by atoms with Gasteiger partial charge in [-0.05, 0) is 67.1 Å². The van der Waals surface area contributed by atoms with Crippen LogP contribution >= 0.6 is 0 Å². The highest BCUT2D eigenvalue weighted by atomic mass is 16.5. The van der Waals surface area contributed by atoms with Crippen LogP contribution in [0.2, 0.25) is 0 Å². The number of amides is 1. The van der Waals surface area contributed by atoms with E-state index in [1.807, 2.05) is 54.6 Å². The molecule has 2 aromatic carbocycles. The molecule has 1 aliphatic carbocycles. The molecule has 1 fully saturated rings. The van der Waals surface area contributed by atoms with Gasteiger partial charge in [-0.1, -0.05) is 38.0 Å². The molecule has 30 heavy (non-hydrogen) atoms. The van der Waals surface area contributed by atoms with Crippen LogP contribution in [0.1, 0.15) is 44.6 Å². The van der Waals surface area contributed by atoms with Gasteiger partial charge in [-0.25, -0.2) is 4.98 Å². The maximum absolute atomic E-state index is 12.4. The molecule has 0 aliphatic heterocycles. The van der Waals surface area contributed by atoms with Gasteiger partial charge >= 0.3 is 0 Å². The number of hydrogen-bond acceptors (Lipinski definition) is 4. The molecule has 3 N–H and O–H groups in total. The lowest BCUT2D eigenvalue weighted by Crippen LogP contribution is -2.38. The second-order valence-electron chi connectivity index (χ2n) is 8.34. The van der Waals surface area contributed by atoms with Gasteiger partial charge in [0.25, 0.3) is 0 Å². The van der Waals surface area contributed by atoms with Gasteiger partial charge in [-0.2, -0.15) is 0 Å². The number of carbonyl (C=O) groups excluding carboxylic acids is 1. The minimum Gasteiger partial charge on any atom is -0.457 e. The highest BCUT2D eigenvalue weighted by molar-refractivity contribution is 5.83. The van der Waals surface area contributed by atoms with Crippen LogP contribution in [0, 0.1) is 5.92 Å². The summed E-state index contributed by atoms with van der Waals surface area (Å²) in [6.07, 6.45) is 5.62. The molecular formula is C25H29N3O2. The van der Waals surface area contributed by atoms with E-state index in [4.69, 9.17) is 10.5 Å². The quantitative estimate of drug-likeness (QED) is 0.590. The zero-order chi connectivity index (χ0) is 20.9. The van der Waals surface area contributed by atoms with Crippen LogP contribution in [0.3, 0.4) is 0 Å². The second-order valence-corrected chi connectivity index (χ2v) is 8.34. The number of nitrogens with two attached hydrogens (primary N) is 1. The number of nitrogens with zero attached hydrogens (tertiary/aromatic N) is 1. The largest absolute Gasteiger partial charge is 0.457 e. The average molecular weight is 404 g/mol. The molecule has 2 unspecified atom stereocenters. The lowest BCUT2D eigenvalue weighted by Gasteiger charge is -2.27. The molecule has 156 valence electrons. The van der Waals surface area contributed by atoms with Crippen LogP contribution in [-0.2, 0) is 11.2 Å². The standard InChI is InChI=1S/C25H29N3O2/c1-17-6-5-7-20(14-17)27-24(29)13-10-18-15-19-16-22(11-12-23(19)28-25(18)26)30-21-8-3-2-4-9-21/h2-4,8-9,11-12,15-17,20H,5-7,10,13-14H2,1H3,(H2,26,28)(H,27,29). The van der Waals surface area contributed by atoms with Crippen molar-refractivity contribution in [3.05, 3.63) is 60.2 Å². The Bertz CT molecular complexity index is 1020. The highest BCUT2D eigenvalue weighted by Crippen LogP contribution is 2.27. The van der Waals surface area contributed by atoms with Crippen LogP contribution < -0.4 is 15.8 Å². The zero-order valence-electron chi connectivity index (χ0n) is 17.4. The molecule has 4 rings (SSSR count). The molecule has 0 bridgehead atoms. The number of aromatic nitrogens is 1. The van der Waals surface area contributed by atoms with E-state index in [0.717, 1.165) is 40.8 Å². The molecule has 1 aliphatic rings. The Balaban J connectivity index is 1.42. The van der Waals surface area contributed by atoms with Crippen molar-refractivity contribution in [1.29, 1.82) is 0 Å². The predicted octanol–water partition coefficient (Wildman–Crippen LogP) is 5.24. The zero-order valence-corrected chi connectivity index (χ0v) is 17.4. The number of nitrogens with one attached hydrogen (secondary N) is 1. The van der Waals surface area contributed by atoms with Gasteiger partial charge in [0.05, 0.1) is 5.52 Å². The molecule has 5 nitrogen and oxygen atoms in total. The number of para-hydroxylation sites is 1. The number of benzene rings is 2. The summed E-state index contributed by atoms with van der Waals surface area (Å²) in [6, 6.07) is 17.8. The number of anilines is 1. The number of carbonyl (C=O) groups is 1. The minimum absolute atomic E-state index is 0.0924. The Morgan fingerprint density at radius 3 is 2.77 bits per heavy atom. The highest BCUT2D eigenvalue weighted by Gasteiger charge is 2.20. The van der Waals surface area contributed by atoms with E-state index >= 15 is 0 Å². The number of rotatable bonds is 6. The predicted molar refractivity (Wildman–Crippen MR) is 121 cm³/mol. The number of aryl methyl sites for hydroxylation is 1. The molecule has 5 heteroatoms. The van der Waals surface area contributed by atoms with Gasteiger partial charge in [-0.15, -0.1) is 0 Å². The van der Waals surface area contributed by atoms with Gasteiger partial charge < -0.3 is 15.8 Å². The van der Waals surface area contributed by atoms with E-state index in [0.29, 0.717) is 30.6 Å². The van der Waals surface area contributed by atoms with Crippen molar-refractivity contribution in [2.45, 2.75) is 51.5 Å². The number of hydrogen-bond donors (Lipinski definition) is 2. The Hall–Kier alpha value is -3.08. The third-order valence-corrected chi connectivity index (χ3v) is 5.80. The summed E-state index contributed by atoms with van der Waals surface area (Å²) < 4.78 is 5.92. The van der Waals surface area contributed by atoms with Crippen molar-refractivity contribution in [2.75, 3.05) is 5.73 Å². The van der Waals surface area contributed by atoms with Gasteiger partial charge in [0.2, 0.25) is 5.91 Å². The van der Waals surface area contributed by atoms with Gasteiger partial charge in [0, 0.05) is 17.8 Å². The third kappa shape index (κ3) is 5.09. The van der Waals surface area contributed by atoms with Crippen LogP contribution in [0.25, 0.3) is 10.9 Å². The van der Waals surface area contributed by atoms with Crippen molar-refractivity contribution in [2.24, 2.45) is 5.92 Å². The summed E-state index contributed by atoms with van der Waals surface area (Å²) in [7, 11) is 0. The summed E-state index contributed by atoms with van der Waals surface area (Å²) in [5.41, 5.74) is 7.87. The van der Waals surface area contributed by atoms with Crippen molar-refractivity contribution < 1.29 is 9.53 Å². The van der Waals surface area contributed by atoms with Crippen molar-refractivity contribution in [1.82, 2.24) is 10.3 Å². The fourth-order valence-electron chi connectivity index (χ4n) is 4.21. The molecule has 1 aromatic heterocycles. The summed E-state index contributed by atoms with van der Waals surface area (Å²) in [5.74, 6) is 2.80. The van der Waals surface area contributed by atoms with Crippen molar-refractivity contribution in [3.63, 3.8) is 0 Å². The molecule has 1 amide bonds. The lowest BCUT2D eigenvalue weighted by atomic mass is 9.87. The molecule has 0 spiro atoms. The SMILES string of the molecule is CC1CCCC(NC(=O)CCc2cc3cc(Oc4ccccc4)ccc3nc2N)C1. The fourth-order valence-corrected chi connectivity index (χ4v) is 4.21. The molecule has 0 radical (unpaired) electrons. The monoisotopic (exact) mass is 403 g/mol. The van der Waals surface area contributed by atoms with Crippen molar-refractivity contribution >= 4 is 22.6 Å². The Morgan fingerprint density at radius 1 is 1.13 bits per heavy atom. The maximum atomic E-state index is 12.4. The molecular weight excluding hydrogens is 374 g/mol. The summed E-state index contributed by atoms with van der Waals surface area (Å²) in [6.45, 7) is 2.26. The van der Waals surface area contributed by atoms with Crippen molar-refractivity contribution in [3.8, 4) is 11.5 Å². The molecule has 2 atom stereocenters. The Morgan fingerprint density at radius 2 is 1.97 bits per heavy atom. The number of nitrogen functional groups attached to an aromatic ring is 1. The topological polar surface area (TPSA) is 77.2 Å². The van der Waals surface area contributed by atoms with E-state index in [1.165, 1.54) is 12.8 Å². The first-order chi connectivity index (χ1) is 14.6. The van der Waals surface area contributed by atoms with Gasteiger partial charge in [0.1, 0.15) is 17.3 Å². The lowest BCUT2D eigenvalue weighted by molar-refractivity contribution is -0.122. The molecule has 1 heterocycles. The van der Waals surface area contributed by atoms with E-state index in [2.05, 4.69) is 17.2 Å². The number of ether oxygens (including phenoxy) is 1. The maximum Gasteiger partial charge on any atom is 0.220 e. The van der Waals surface area contributed by atoms with E-state index < -0.39 is 0 Å². The smallest absolute Gasteiger partial charge is 0.220 e. The van der Waals surface area contributed by atoms with E-state index in [-0.39, 0.29) is 5.91 Å². The average Bonchev–Trinajstić information content (AvgIpc) is 2.73. The van der Waals surface area contributed by atoms with Gasteiger partial charge in [-0.3, -0.25) is 4.79 Å². The first-order valence-electron chi connectivity index (χ1n) is 10.8. The molecule has 0 saturated heterocycles.